The molecule has 0 bridgehead atoms. The minimum Gasteiger partial charge on any atom is -0.495 e. The van der Waals surface area contributed by atoms with Crippen LogP contribution in [0, 0.1) is 5.92 Å². The summed E-state index contributed by atoms with van der Waals surface area (Å²) in [5.74, 6) is 0.537. The molecule has 1 rings (SSSR count). The first-order valence-electron chi connectivity index (χ1n) is 6.13. The fourth-order valence-electron chi connectivity index (χ4n) is 1.77. The van der Waals surface area contributed by atoms with Crippen molar-refractivity contribution in [1.82, 2.24) is 5.32 Å². The smallest absolute Gasteiger partial charge is 0.323 e. The van der Waals surface area contributed by atoms with E-state index in [0.29, 0.717) is 17.3 Å². The third-order valence-electron chi connectivity index (χ3n) is 2.86. The molecule has 1 aromatic rings. The minimum atomic E-state index is -0.328. The van der Waals surface area contributed by atoms with Gasteiger partial charge in [0.2, 0.25) is 0 Å². The first-order chi connectivity index (χ1) is 8.99. The number of hydrogen-bond acceptors (Lipinski definition) is 4. The third kappa shape index (κ3) is 4.40. The highest BCUT2D eigenvalue weighted by Crippen LogP contribution is 2.24. The van der Waals surface area contributed by atoms with Crippen molar-refractivity contribution in [3.63, 3.8) is 0 Å². The van der Waals surface area contributed by atoms with Gasteiger partial charge < -0.3 is 14.8 Å². The van der Waals surface area contributed by atoms with Crippen LogP contribution in [0.15, 0.2) is 18.2 Å². The maximum Gasteiger partial charge on any atom is 0.323 e. The average Bonchev–Trinajstić information content (AvgIpc) is 2.38. The van der Waals surface area contributed by atoms with Crippen LogP contribution in [-0.4, -0.2) is 26.2 Å². The summed E-state index contributed by atoms with van der Waals surface area (Å²) in [5.41, 5.74) is 0.986. The number of methoxy groups -OCH3 is 2. The number of nitrogens with one attached hydrogen (secondary N) is 1. The van der Waals surface area contributed by atoms with E-state index >= 15 is 0 Å². The molecule has 0 aromatic heterocycles. The molecule has 0 aliphatic heterocycles. The normalized spacial score (nSPS) is 12.3. The van der Waals surface area contributed by atoms with Gasteiger partial charge in [-0.2, -0.15) is 0 Å². The van der Waals surface area contributed by atoms with Crippen LogP contribution in [0.2, 0.25) is 5.02 Å². The first kappa shape index (κ1) is 15.8. The molecular weight excluding hydrogens is 266 g/mol. The summed E-state index contributed by atoms with van der Waals surface area (Å²) in [4.78, 5) is 11.6. The van der Waals surface area contributed by atoms with Crippen molar-refractivity contribution in [2.75, 3.05) is 14.2 Å². The van der Waals surface area contributed by atoms with E-state index < -0.39 is 0 Å². The van der Waals surface area contributed by atoms with Crippen LogP contribution in [0.4, 0.5) is 0 Å². The molecule has 106 valence electrons. The Labute approximate surface area is 119 Å². The van der Waals surface area contributed by atoms with Crippen molar-refractivity contribution in [3.05, 3.63) is 28.8 Å². The van der Waals surface area contributed by atoms with Gasteiger partial charge >= 0.3 is 5.97 Å². The lowest BCUT2D eigenvalue weighted by molar-refractivity contribution is -0.144. The van der Waals surface area contributed by atoms with E-state index in [-0.39, 0.29) is 17.9 Å². The molecular formula is C14H20ClNO3. The van der Waals surface area contributed by atoms with Gasteiger partial charge in [-0.15, -0.1) is 0 Å². The number of benzene rings is 1. The summed E-state index contributed by atoms with van der Waals surface area (Å²) < 4.78 is 9.87. The van der Waals surface area contributed by atoms with E-state index in [4.69, 9.17) is 21.1 Å². The Balaban J connectivity index is 2.69. The molecule has 0 heterocycles. The topological polar surface area (TPSA) is 47.6 Å². The summed E-state index contributed by atoms with van der Waals surface area (Å²) in [7, 11) is 2.97. The summed E-state index contributed by atoms with van der Waals surface area (Å²) in [6.07, 6.45) is 0. The zero-order valence-corrected chi connectivity index (χ0v) is 12.5. The third-order valence-corrected chi connectivity index (χ3v) is 3.16. The maximum absolute atomic E-state index is 11.6. The Morgan fingerprint density at radius 3 is 2.53 bits per heavy atom. The van der Waals surface area contributed by atoms with Crippen LogP contribution in [-0.2, 0) is 16.1 Å². The summed E-state index contributed by atoms with van der Waals surface area (Å²) in [6, 6.07) is 5.21. The molecule has 5 heteroatoms. The Hall–Kier alpha value is -1.26. The molecule has 0 aliphatic rings. The highest BCUT2D eigenvalue weighted by atomic mass is 35.5. The van der Waals surface area contributed by atoms with Gasteiger partial charge in [0.05, 0.1) is 19.2 Å². The molecule has 1 unspecified atom stereocenters. The van der Waals surface area contributed by atoms with E-state index in [1.165, 1.54) is 7.11 Å². The van der Waals surface area contributed by atoms with E-state index in [1.54, 1.807) is 7.11 Å². The lowest BCUT2D eigenvalue weighted by Crippen LogP contribution is -2.41. The molecule has 0 aliphatic carbocycles. The molecule has 0 radical (unpaired) electrons. The largest absolute Gasteiger partial charge is 0.495 e. The van der Waals surface area contributed by atoms with Gasteiger partial charge in [-0.05, 0) is 23.6 Å². The Bertz CT molecular complexity index is 435. The molecule has 0 amide bonds. The van der Waals surface area contributed by atoms with Crippen LogP contribution in [0.3, 0.4) is 0 Å². The van der Waals surface area contributed by atoms with Crippen LogP contribution in [0.1, 0.15) is 19.4 Å². The van der Waals surface area contributed by atoms with Crippen molar-refractivity contribution >= 4 is 17.6 Å². The Morgan fingerprint density at radius 1 is 1.37 bits per heavy atom. The summed E-state index contributed by atoms with van der Waals surface area (Å²) >= 11 is 6.05. The summed E-state index contributed by atoms with van der Waals surface area (Å²) in [5, 5.41) is 3.73. The van der Waals surface area contributed by atoms with Gasteiger partial charge in [0.25, 0.3) is 0 Å². The number of hydrogen-bond donors (Lipinski definition) is 1. The number of carbonyl (C=O) groups excluding carboxylic acids is 1. The van der Waals surface area contributed by atoms with Crippen LogP contribution in [0.25, 0.3) is 0 Å². The molecule has 0 spiro atoms. The minimum absolute atomic E-state index is 0.154. The number of ether oxygens (including phenoxy) is 2. The number of halogens is 1. The summed E-state index contributed by atoms with van der Waals surface area (Å²) in [6.45, 7) is 4.48. The molecule has 1 atom stereocenters. The van der Waals surface area contributed by atoms with E-state index in [0.717, 1.165) is 5.56 Å². The molecule has 0 saturated heterocycles. The predicted molar refractivity (Wildman–Crippen MR) is 75.5 cm³/mol. The van der Waals surface area contributed by atoms with Crippen LogP contribution in [0.5, 0.6) is 5.75 Å². The number of rotatable bonds is 6. The molecule has 0 saturated carbocycles. The van der Waals surface area contributed by atoms with Gasteiger partial charge in [0.1, 0.15) is 11.8 Å². The molecule has 4 nitrogen and oxygen atoms in total. The van der Waals surface area contributed by atoms with E-state index in [2.05, 4.69) is 5.32 Å². The number of carbonyl (C=O) groups is 1. The highest BCUT2D eigenvalue weighted by Gasteiger charge is 2.22. The van der Waals surface area contributed by atoms with Gasteiger partial charge in [0.15, 0.2) is 0 Å². The molecule has 19 heavy (non-hydrogen) atoms. The standard InChI is InChI=1S/C14H20ClNO3/c1-9(2)13(14(17)19-4)16-8-10-5-6-12(18-3)11(15)7-10/h5-7,9,13,16H,8H2,1-4H3. The fourth-order valence-corrected chi connectivity index (χ4v) is 2.05. The van der Waals surface area contributed by atoms with E-state index in [1.807, 2.05) is 32.0 Å². The van der Waals surface area contributed by atoms with Crippen molar-refractivity contribution < 1.29 is 14.3 Å². The zero-order valence-electron chi connectivity index (χ0n) is 11.7. The lowest BCUT2D eigenvalue weighted by Gasteiger charge is -2.20. The van der Waals surface area contributed by atoms with Gasteiger partial charge in [0, 0.05) is 6.54 Å². The van der Waals surface area contributed by atoms with Crippen molar-refractivity contribution in [2.24, 2.45) is 5.92 Å². The Kier molecular flexibility index (Phi) is 6.12. The fraction of sp³-hybridized carbons (Fsp3) is 0.500. The maximum atomic E-state index is 11.6. The SMILES string of the molecule is COC(=O)C(NCc1ccc(OC)c(Cl)c1)C(C)C. The predicted octanol–water partition coefficient (Wildman–Crippen LogP) is 2.64. The lowest BCUT2D eigenvalue weighted by atomic mass is 10.0. The van der Waals surface area contributed by atoms with Crippen LogP contribution < -0.4 is 10.1 Å². The second kappa shape index (κ2) is 7.36. The second-order valence-corrected chi connectivity index (χ2v) is 5.00. The molecule has 0 fully saturated rings. The molecule has 1 N–H and O–H groups in total. The van der Waals surface area contributed by atoms with Crippen molar-refractivity contribution in [3.8, 4) is 5.75 Å². The van der Waals surface area contributed by atoms with Gasteiger partial charge in [-0.1, -0.05) is 31.5 Å². The first-order valence-corrected chi connectivity index (χ1v) is 6.51. The average molecular weight is 286 g/mol. The molecule has 1 aromatic carbocycles. The van der Waals surface area contributed by atoms with Gasteiger partial charge in [-0.25, -0.2) is 0 Å². The number of esters is 1. The van der Waals surface area contributed by atoms with Gasteiger partial charge in [-0.3, -0.25) is 4.79 Å². The Morgan fingerprint density at radius 2 is 2.05 bits per heavy atom. The van der Waals surface area contributed by atoms with Crippen molar-refractivity contribution in [2.45, 2.75) is 26.4 Å². The zero-order chi connectivity index (χ0) is 14.4. The second-order valence-electron chi connectivity index (χ2n) is 4.59. The monoisotopic (exact) mass is 285 g/mol. The highest BCUT2D eigenvalue weighted by molar-refractivity contribution is 6.32. The van der Waals surface area contributed by atoms with Crippen LogP contribution >= 0.6 is 11.6 Å². The van der Waals surface area contributed by atoms with Crippen molar-refractivity contribution in [1.29, 1.82) is 0 Å². The quantitative estimate of drug-likeness (QED) is 0.816. The van der Waals surface area contributed by atoms with E-state index in [9.17, 15) is 4.79 Å².